The van der Waals surface area contributed by atoms with Crippen molar-refractivity contribution in [3.63, 3.8) is 0 Å². The Morgan fingerprint density at radius 2 is 2.20 bits per heavy atom. The first-order valence-electron chi connectivity index (χ1n) is 4.99. The van der Waals surface area contributed by atoms with Crippen LogP contribution in [-0.2, 0) is 21.7 Å². The summed E-state index contributed by atoms with van der Waals surface area (Å²) in [6.45, 7) is 0.394. The number of benzene rings is 1. The van der Waals surface area contributed by atoms with Crippen molar-refractivity contribution in [1.82, 2.24) is 0 Å². The van der Waals surface area contributed by atoms with Crippen LogP contribution in [0.1, 0.15) is 24.0 Å². The molecule has 0 unspecified atom stereocenters. The third-order valence-electron chi connectivity index (χ3n) is 2.92. The van der Waals surface area contributed by atoms with E-state index in [4.69, 9.17) is 4.74 Å². The highest BCUT2D eigenvalue weighted by Gasteiger charge is 2.45. The van der Waals surface area contributed by atoms with Crippen molar-refractivity contribution in [2.24, 2.45) is 4.99 Å². The maximum atomic E-state index is 10.1. The van der Waals surface area contributed by atoms with Gasteiger partial charge in [0.15, 0.2) is 0 Å². The fraction of sp³-hybridized carbons (Fsp3) is 0.417. The molecule has 15 heavy (non-hydrogen) atoms. The molecule has 0 N–H and O–H groups in total. The lowest BCUT2D eigenvalue weighted by atomic mass is 10.0. The van der Waals surface area contributed by atoms with E-state index >= 15 is 0 Å². The van der Waals surface area contributed by atoms with Gasteiger partial charge in [-0.1, -0.05) is 24.3 Å². The van der Waals surface area contributed by atoms with Gasteiger partial charge in [-0.2, -0.15) is 0 Å². The third kappa shape index (κ3) is 1.84. The summed E-state index contributed by atoms with van der Waals surface area (Å²) in [7, 11) is 1.73. The van der Waals surface area contributed by atoms with Crippen LogP contribution in [0, 0.1) is 0 Å². The lowest BCUT2D eigenvalue weighted by Gasteiger charge is -2.16. The molecule has 0 aliphatic heterocycles. The molecule has 1 fully saturated rings. The molecule has 1 aromatic rings. The molecule has 0 heterocycles. The Kier molecular flexibility index (Phi) is 2.67. The predicted octanol–water partition coefficient (Wildman–Crippen LogP) is 2.16. The van der Waals surface area contributed by atoms with E-state index in [2.05, 4.69) is 4.99 Å². The zero-order valence-electron chi connectivity index (χ0n) is 8.69. The van der Waals surface area contributed by atoms with Crippen molar-refractivity contribution in [2.45, 2.75) is 25.0 Å². The number of ether oxygens (including phenoxy) is 1. The first-order chi connectivity index (χ1) is 7.32. The zero-order chi connectivity index (χ0) is 10.7. The first-order valence-corrected chi connectivity index (χ1v) is 4.99. The summed E-state index contributed by atoms with van der Waals surface area (Å²) in [5.41, 5.74) is 2.10. The molecular formula is C12H13NO2. The molecule has 0 radical (unpaired) electrons. The van der Waals surface area contributed by atoms with Crippen molar-refractivity contribution in [2.75, 3.05) is 7.11 Å². The number of carbonyl (C=O) groups excluding carboxylic acids is 1. The number of methoxy groups -OCH3 is 1. The van der Waals surface area contributed by atoms with E-state index in [1.165, 1.54) is 0 Å². The molecule has 0 aromatic heterocycles. The van der Waals surface area contributed by atoms with Gasteiger partial charge in [0, 0.05) is 7.11 Å². The van der Waals surface area contributed by atoms with Gasteiger partial charge in [0.05, 0.1) is 12.1 Å². The molecule has 0 bridgehead atoms. The Morgan fingerprint density at radius 1 is 1.47 bits per heavy atom. The summed E-state index contributed by atoms with van der Waals surface area (Å²) in [6, 6.07) is 7.97. The molecule has 2 rings (SSSR count). The second kappa shape index (κ2) is 3.97. The molecule has 0 amide bonds. The van der Waals surface area contributed by atoms with E-state index in [1.807, 2.05) is 24.3 Å². The summed E-state index contributed by atoms with van der Waals surface area (Å²) < 4.78 is 5.52. The van der Waals surface area contributed by atoms with E-state index in [1.54, 1.807) is 13.2 Å². The standard InChI is InChI=1S/C12H13NO2/c1-15-12(6-7-12)11-5-3-2-4-10(11)8-13-9-14/h2-5H,6-8H2,1H3. The third-order valence-corrected chi connectivity index (χ3v) is 2.92. The topological polar surface area (TPSA) is 38.7 Å². The largest absolute Gasteiger partial charge is 0.374 e. The summed E-state index contributed by atoms with van der Waals surface area (Å²) in [5, 5.41) is 0. The normalized spacial score (nSPS) is 16.9. The summed E-state index contributed by atoms with van der Waals surface area (Å²) in [5.74, 6) is 0. The van der Waals surface area contributed by atoms with Crippen molar-refractivity contribution in [3.05, 3.63) is 35.4 Å². The molecule has 1 aliphatic carbocycles. The highest BCUT2D eigenvalue weighted by atomic mass is 16.5. The van der Waals surface area contributed by atoms with Crippen LogP contribution in [0.3, 0.4) is 0 Å². The van der Waals surface area contributed by atoms with Gasteiger partial charge in [-0.3, -0.25) is 0 Å². The summed E-state index contributed by atoms with van der Waals surface area (Å²) in [6.07, 6.45) is 3.66. The van der Waals surface area contributed by atoms with E-state index in [0.717, 1.165) is 24.0 Å². The van der Waals surface area contributed by atoms with Gasteiger partial charge in [-0.05, 0) is 24.0 Å². The molecule has 3 nitrogen and oxygen atoms in total. The molecule has 0 atom stereocenters. The molecule has 1 aromatic carbocycles. The molecule has 1 saturated carbocycles. The van der Waals surface area contributed by atoms with Gasteiger partial charge >= 0.3 is 0 Å². The maximum absolute atomic E-state index is 10.1. The predicted molar refractivity (Wildman–Crippen MR) is 56.2 cm³/mol. The van der Waals surface area contributed by atoms with Crippen molar-refractivity contribution in [1.29, 1.82) is 0 Å². The van der Waals surface area contributed by atoms with Crippen LogP contribution < -0.4 is 0 Å². The molecule has 78 valence electrons. The summed E-state index contributed by atoms with van der Waals surface area (Å²) >= 11 is 0. The Balaban J connectivity index is 2.33. The van der Waals surface area contributed by atoms with Crippen molar-refractivity contribution < 1.29 is 9.53 Å². The van der Waals surface area contributed by atoms with Crippen LogP contribution in [0.2, 0.25) is 0 Å². The Labute approximate surface area is 88.8 Å². The van der Waals surface area contributed by atoms with Gasteiger partial charge in [0.1, 0.15) is 0 Å². The highest BCUT2D eigenvalue weighted by molar-refractivity contribution is 5.39. The van der Waals surface area contributed by atoms with Crippen molar-refractivity contribution >= 4 is 6.08 Å². The molecule has 0 saturated heterocycles. The maximum Gasteiger partial charge on any atom is 0.235 e. The average molecular weight is 203 g/mol. The lowest BCUT2D eigenvalue weighted by molar-refractivity contribution is 0.0781. The summed E-state index contributed by atoms with van der Waals surface area (Å²) in [4.78, 5) is 13.7. The fourth-order valence-electron chi connectivity index (χ4n) is 1.92. The highest BCUT2D eigenvalue weighted by Crippen LogP contribution is 2.49. The minimum atomic E-state index is -0.116. The molecule has 0 spiro atoms. The first kappa shape index (κ1) is 10.1. The van der Waals surface area contributed by atoms with Gasteiger partial charge in [-0.15, -0.1) is 0 Å². The quantitative estimate of drug-likeness (QED) is 0.555. The van der Waals surface area contributed by atoms with Crippen LogP contribution >= 0.6 is 0 Å². The molecular weight excluding hydrogens is 190 g/mol. The second-order valence-electron chi connectivity index (χ2n) is 3.76. The molecule has 3 heteroatoms. The van der Waals surface area contributed by atoms with Gasteiger partial charge < -0.3 is 4.74 Å². The fourth-order valence-corrected chi connectivity index (χ4v) is 1.92. The number of isocyanates is 1. The van der Waals surface area contributed by atoms with Gasteiger partial charge in [-0.25, -0.2) is 9.79 Å². The van der Waals surface area contributed by atoms with E-state index < -0.39 is 0 Å². The van der Waals surface area contributed by atoms with E-state index in [-0.39, 0.29) is 5.60 Å². The number of hydrogen-bond acceptors (Lipinski definition) is 3. The smallest absolute Gasteiger partial charge is 0.235 e. The number of hydrogen-bond donors (Lipinski definition) is 0. The van der Waals surface area contributed by atoms with Gasteiger partial charge in [0.25, 0.3) is 0 Å². The Bertz CT molecular complexity index is 404. The Morgan fingerprint density at radius 3 is 2.80 bits per heavy atom. The lowest BCUT2D eigenvalue weighted by Crippen LogP contribution is -2.11. The average Bonchev–Trinajstić information content (AvgIpc) is 3.08. The monoisotopic (exact) mass is 203 g/mol. The van der Waals surface area contributed by atoms with Crippen LogP contribution in [0.5, 0.6) is 0 Å². The van der Waals surface area contributed by atoms with E-state index in [0.29, 0.717) is 6.54 Å². The number of rotatable bonds is 4. The van der Waals surface area contributed by atoms with Gasteiger partial charge in [0.2, 0.25) is 6.08 Å². The molecule has 1 aliphatic rings. The minimum absolute atomic E-state index is 0.116. The van der Waals surface area contributed by atoms with E-state index in [9.17, 15) is 4.79 Å². The van der Waals surface area contributed by atoms with Crippen molar-refractivity contribution in [3.8, 4) is 0 Å². The Hall–Kier alpha value is -1.44. The number of aliphatic imine (C=N–C) groups is 1. The van der Waals surface area contributed by atoms with Crippen LogP contribution in [0.15, 0.2) is 29.3 Å². The minimum Gasteiger partial charge on any atom is -0.374 e. The second-order valence-corrected chi connectivity index (χ2v) is 3.76. The SMILES string of the molecule is COC1(c2ccccc2CN=C=O)CC1. The van der Waals surface area contributed by atoms with Crippen LogP contribution in [0.25, 0.3) is 0 Å². The zero-order valence-corrected chi connectivity index (χ0v) is 8.69. The van der Waals surface area contributed by atoms with Crippen LogP contribution in [-0.4, -0.2) is 13.2 Å². The van der Waals surface area contributed by atoms with Crippen LogP contribution in [0.4, 0.5) is 0 Å². The number of nitrogens with zero attached hydrogens (tertiary/aromatic N) is 1.